The van der Waals surface area contributed by atoms with Gasteiger partial charge < -0.3 is 24.8 Å². The predicted molar refractivity (Wildman–Crippen MR) is 105 cm³/mol. The first-order valence-corrected chi connectivity index (χ1v) is 8.92. The van der Waals surface area contributed by atoms with Gasteiger partial charge in [-0.3, -0.25) is 0 Å². The Labute approximate surface area is 168 Å². The number of thiocarbonyl (C=S) groups is 1. The van der Waals surface area contributed by atoms with Crippen LogP contribution in [0.3, 0.4) is 0 Å². The van der Waals surface area contributed by atoms with E-state index in [1.807, 2.05) is 0 Å². The number of halogens is 2. The third kappa shape index (κ3) is 5.14. The van der Waals surface area contributed by atoms with Crippen LogP contribution in [0.2, 0.25) is 0 Å². The molecule has 2 N–H and O–H groups in total. The number of methoxy groups -OCH3 is 2. The number of nitrogens with one attached hydrogen (secondary N) is 2. The minimum Gasteiger partial charge on any atom is -0.465 e. The maximum atomic E-state index is 12.2. The highest BCUT2D eigenvalue weighted by Gasteiger charge is 2.26. The molecule has 150 valence electrons. The van der Waals surface area contributed by atoms with Gasteiger partial charge in [-0.15, -0.1) is 11.3 Å². The van der Waals surface area contributed by atoms with Gasteiger partial charge in [0, 0.05) is 5.69 Å². The zero-order valence-corrected chi connectivity index (χ0v) is 16.6. The van der Waals surface area contributed by atoms with Gasteiger partial charge in [0.2, 0.25) is 0 Å². The Balaban J connectivity index is 2.18. The lowest BCUT2D eigenvalue weighted by Gasteiger charge is -2.11. The van der Waals surface area contributed by atoms with Crippen LogP contribution in [0.15, 0.2) is 24.3 Å². The number of hydrogen-bond donors (Lipinski definition) is 2. The number of rotatable bonds is 6. The summed E-state index contributed by atoms with van der Waals surface area (Å²) < 4.78 is 38.1. The fourth-order valence-electron chi connectivity index (χ4n) is 2.22. The number of carbonyl (C=O) groups is 2. The maximum absolute atomic E-state index is 12.2. The van der Waals surface area contributed by atoms with Crippen LogP contribution in [0.4, 0.5) is 19.5 Å². The predicted octanol–water partition coefficient (Wildman–Crippen LogP) is 4.04. The van der Waals surface area contributed by atoms with Crippen LogP contribution < -0.4 is 15.4 Å². The van der Waals surface area contributed by atoms with Gasteiger partial charge in [-0.2, -0.15) is 8.78 Å². The van der Waals surface area contributed by atoms with Crippen molar-refractivity contribution in [3.63, 3.8) is 0 Å². The molecule has 0 amide bonds. The zero-order chi connectivity index (χ0) is 20.8. The summed E-state index contributed by atoms with van der Waals surface area (Å²) in [5, 5.41) is 6.10. The normalized spacial score (nSPS) is 10.4. The van der Waals surface area contributed by atoms with Crippen molar-refractivity contribution in [1.29, 1.82) is 0 Å². The minimum absolute atomic E-state index is 0.00371. The number of ether oxygens (including phenoxy) is 3. The van der Waals surface area contributed by atoms with Crippen molar-refractivity contribution in [2.45, 2.75) is 13.5 Å². The summed E-state index contributed by atoms with van der Waals surface area (Å²) in [6.45, 7) is -1.32. The summed E-state index contributed by atoms with van der Waals surface area (Å²) >= 11 is 6.21. The van der Waals surface area contributed by atoms with Crippen molar-refractivity contribution >= 4 is 51.3 Å². The molecule has 0 aliphatic heterocycles. The first-order valence-electron chi connectivity index (χ1n) is 7.69. The summed E-state index contributed by atoms with van der Waals surface area (Å²) in [6, 6.07) is 5.68. The Kier molecular flexibility index (Phi) is 7.24. The van der Waals surface area contributed by atoms with Gasteiger partial charge in [0.1, 0.15) is 15.6 Å². The quantitative estimate of drug-likeness (QED) is 0.525. The van der Waals surface area contributed by atoms with Gasteiger partial charge in [-0.1, -0.05) is 0 Å². The molecule has 0 saturated heterocycles. The van der Waals surface area contributed by atoms with E-state index in [-0.39, 0.29) is 21.3 Å². The highest BCUT2D eigenvalue weighted by molar-refractivity contribution is 7.80. The van der Waals surface area contributed by atoms with Crippen molar-refractivity contribution in [2.24, 2.45) is 0 Å². The average molecular weight is 430 g/mol. The molecule has 1 heterocycles. The second-order valence-electron chi connectivity index (χ2n) is 5.23. The van der Waals surface area contributed by atoms with Crippen LogP contribution in [0.5, 0.6) is 5.75 Å². The lowest BCUT2D eigenvalue weighted by Crippen LogP contribution is -2.20. The molecule has 0 atom stereocenters. The minimum atomic E-state index is -2.91. The molecule has 0 saturated carbocycles. The highest BCUT2D eigenvalue weighted by Crippen LogP contribution is 2.34. The van der Waals surface area contributed by atoms with Gasteiger partial charge in [-0.25, -0.2) is 9.59 Å². The summed E-state index contributed by atoms with van der Waals surface area (Å²) in [6.07, 6.45) is 0. The fourth-order valence-corrected chi connectivity index (χ4v) is 3.62. The molecule has 0 bridgehead atoms. The summed E-state index contributed by atoms with van der Waals surface area (Å²) in [5.41, 5.74) is 1.07. The van der Waals surface area contributed by atoms with E-state index in [0.717, 1.165) is 11.3 Å². The van der Waals surface area contributed by atoms with Gasteiger partial charge >= 0.3 is 18.6 Å². The van der Waals surface area contributed by atoms with E-state index in [9.17, 15) is 18.4 Å². The molecule has 0 spiro atoms. The second-order valence-corrected chi connectivity index (χ2v) is 6.65. The van der Waals surface area contributed by atoms with Crippen molar-refractivity contribution in [3.8, 4) is 5.75 Å². The van der Waals surface area contributed by atoms with Crippen LogP contribution in [0.25, 0.3) is 0 Å². The average Bonchev–Trinajstić information content (AvgIpc) is 2.97. The van der Waals surface area contributed by atoms with Gasteiger partial charge in [0.05, 0.1) is 19.8 Å². The van der Waals surface area contributed by atoms with Gasteiger partial charge in [0.25, 0.3) is 0 Å². The summed E-state index contributed by atoms with van der Waals surface area (Å²) in [5.74, 6) is -1.22. The number of benzene rings is 1. The largest absolute Gasteiger partial charge is 0.465 e. The van der Waals surface area contributed by atoms with Gasteiger partial charge in [0.15, 0.2) is 5.11 Å². The van der Waals surface area contributed by atoms with Crippen molar-refractivity contribution in [1.82, 2.24) is 0 Å². The lowest BCUT2D eigenvalue weighted by molar-refractivity contribution is -0.0498. The monoisotopic (exact) mass is 430 g/mol. The number of esters is 2. The standard InChI is InChI=1S/C17H16F2N2O5S2/c1-8-11(14(22)24-2)13(28-12(8)15(23)25-3)21-17(27)20-9-4-6-10(7-5-9)26-16(18)19/h4-7,16H,1-3H3,(H2,20,21,27). The molecule has 2 rings (SSSR count). The van der Waals surface area contributed by atoms with Gasteiger partial charge in [-0.05, 0) is 49.0 Å². The second kappa shape index (κ2) is 9.42. The fraction of sp³-hybridized carbons (Fsp3) is 0.235. The molecule has 0 radical (unpaired) electrons. The number of carbonyl (C=O) groups excluding carboxylic acids is 2. The van der Waals surface area contributed by atoms with Crippen LogP contribution in [0, 0.1) is 6.92 Å². The van der Waals surface area contributed by atoms with E-state index in [0.29, 0.717) is 16.3 Å². The molecule has 0 unspecified atom stereocenters. The van der Waals surface area contributed by atoms with Crippen molar-refractivity contribution < 1.29 is 32.6 Å². The molecule has 1 aromatic carbocycles. The molecule has 2 aromatic rings. The van der Waals surface area contributed by atoms with E-state index < -0.39 is 18.6 Å². The first kappa shape index (κ1) is 21.5. The van der Waals surface area contributed by atoms with E-state index in [1.165, 1.54) is 38.5 Å². The number of anilines is 2. The molecule has 1 aromatic heterocycles. The molecular weight excluding hydrogens is 414 g/mol. The van der Waals surface area contributed by atoms with E-state index in [4.69, 9.17) is 21.7 Å². The van der Waals surface area contributed by atoms with E-state index in [2.05, 4.69) is 15.4 Å². The molecule has 0 fully saturated rings. The third-order valence-electron chi connectivity index (χ3n) is 3.47. The lowest BCUT2D eigenvalue weighted by atomic mass is 10.1. The van der Waals surface area contributed by atoms with E-state index in [1.54, 1.807) is 6.92 Å². The Morgan fingerprint density at radius 1 is 1.07 bits per heavy atom. The topological polar surface area (TPSA) is 85.9 Å². The van der Waals surface area contributed by atoms with Crippen LogP contribution >= 0.6 is 23.6 Å². The number of alkyl halides is 2. The third-order valence-corrected chi connectivity index (χ3v) is 4.86. The molecule has 28 heavy (non-hydrogen) atoms. The zero-order valence-electron chi connectivity index (χ0n) is 15.0. The first-order chi connectivity index (χ1) is 13.3. The van der Waals surface area contributed by atoms with Crippen LogP contribution in [0.1, 0.15) is 25.6 Å². The smallest absolute Gasteiger partial charge is 0.387 e. The number of thiophene rings is 1. The SMILES string of the molecule is COC(=O)c1sc(NC(=S)Nc2ccc(OC(F)F)cc2)c(C(=O)OC)c1C. The van der Waals surface area contributed by atoms with Crippen LogP contribution in [-0.2, 0) is 9.47 Å². The molecule has 0 aliphatic carbocycles. The Bertz CT molecular complexity index is 884. The molecular formula is C17H16F2N2O5S2. The molecule has 7 nitrogen and oxygen atoms in total. The van der Waals surface area contributed by atoms with Crippen molar-refractivity contribution in [3.05, 3.63) is 40.3 Å². The Hall–Kier alpha value is -2.79. The Morgan fingerprint density at radius 2 is 1.68 bits per heavy atom. The Morgan fingerprint density at radius 3 is 2.21 bits per heavy atom. The maximum Gasteiger partial charge on any atom is 0.387 e. The summed E-state index contributed by atoms with van der Waals surface area (Å²) in [7, 11) is 2.46. The number of hydrogen-bond acceptors (Lipinski definition) is 7. The summed E-state index contributed by atoms with van der Waals surface area (Å²) in [4.78, 5) is 24.2. The van der Waals surface area contributed by atoms with Crippen LogP contribution in [-0.4, -0.2) is 37.9 Å². The van der Waals surface area contributed by atoms with E-state index >= 15 is 0 Å². The van der Waals surface area contributed by atoms with Crippen molar-refractivity contribution in [2.75, 3.05) is 24.9 Å². The molecule has 0 aliphatic rings. The highest BCUT2D eigenvalue weighted by atomic mass is 32.1. The molecule has 11 heteroatoms.